The number of ether oxygens (including phenoxy) is 2. The molecule has 0 unspecified atom stereocenters. The summed E-state index contributed by atoms with van der Waals surface area (Å²) in [4.78, 5) is 4.81. The van der Waals surface area contributed by atoms with Crippen molar-refractivity contribution in [1.82, 2.24) is 9.80 Å². The molecule has 2 aliphatic heterocycles. The van der Waals surface area contributed by atoms with E-state index in [9.17, 15) is 0 Å². The van der Waals surface area contributed by atoms with Gasteiger partial charge in [-0.1, -0.05) is 11.6 Å². The molecule has 1 saturated heterocycles. The third-order valence-electron chi connectivity index (χ3n) is 3.86. The highest BCUT2D eigenvalue weighted by Gasteiger charge is 2.18. The maximum Gasteiger partial charge on any atom is 0.179 e. The van der Waals surface area contributed by atoms with E-state index in [-0.39, 0.29) is 0 Å². The number of halogens is 1. The Morgan fingerprint density at radius 3 is 2.65 bits per heavy atom. The minimum absolute atomic E-state index is 0.661. The molecule has 0 bridgehead atoms. The quantitative estimate of drug-likeness (QED) is 0.836. The van der Waals surface area contributed by atoms with Gasteiger partial charge in [0.2, 0.25) is 0 Å². The van der Waals surface area contributed by atoms with Crippen molar-refractivity contribution < 1.29 is 9.47 Å². The molecule has 3 rings (SSSR count). The molecule has 0 aromatic heterocycles. The van der Waals surface area contributed by atoms with E-state index in [2.05, 4.69) is 22.9 Å². The molecule has 0 N–H and O–H groups in total. The first-order chi connectivity index (χ1) is 9.72. The fraction of sp³-hybridized carbons (Fsp3) is 0.600. The van der Waals surface area contributed by atoms with Gasteiger partial charge in [-0.2, -0.15) is 0 Å². The van der Waals surface area contributed by atoms with E-state index >= 15 is 0 Å². The minimum atomic E-state index is 0.661. The monoisotopic (exact) mass is 296 g/mol. The Morgan fingerprint density at radius 2 is 1.85 bits per heavy atom. The van der Waals surface area contributed by atoms with Crippen LogP contribution in [0.2, 0.25) is 5.02 Å². The van der Waals surface area contributed by atoms with Crippen molar-refractivity contribution in [3.63, 3.8) is 0 Å². The molecule has 4 nitrogen and oxygen atoms in total. The van der Waals surface area contributed by atoms with E-state index in [0.717, 1.165) is 44.9 Å². The third kappa shape index (κ3) is 3.19. The Bertz CT molecular complexity index is 473. The number of nitrogens with zero attached hydrogens (tertiary/aromatic N) is 2. The van der Waals surface area contributed by atoms with Gasteiger partial charge in [0.15, 0.2) is 11.5 Å². The molecule has 0 spiro atoms. The van der Waals surface area contributed by atoms with Crippen LogP contribution in [0.25, 0.3) is 0 Å². The molecular weight excluding hydrogens is 276 g/mol. The van der Waals surface area contributed by atoms with Crippen molar-refractivity contribution in [3.8, 4) is 11.5 Å². The SMILES string of the molecule is CN1CCN(Cc2cc(Cl)c3c(c2)OCCCO3)CC1. The first-order valence-corrected chi connectivity index (χ1v) is 7.59. The van der Waals surface area contributed by atoms with Crippen molar-refractivity contribution in [2.75, 3.05) is 46.4 Å². The van der Waals surface area contributed by atoms with Crippen molar-refractivity contribution in [3.05, 3.63) is 22.7 Å². The smallest absolute Gasteiger partial charge is 0.179 e. The molecule has 2 heterocycles. The van der Waals surface area contributed by atoms with Crippen LogP contribution in [0.4, 0.5) is 0 Å². The molecule has 0 aliphatic carbocycles. The topological polar surface area (TPSA) is 24.9 Å². The zero-order valence-electron chi connectivity index (χ0n) is 11.9. The van der Waals surface area contributed by atoms with Crippen LogP contribution in [0.3, 0.4) is 0 Å². The maximum atomic E-state index is 6.33. The molecule has 110 valence electrons. The molecule has 1 aromatic rings. The van der Waals surface area contributed by atoms with Crippen LogP contribution >= 0.6 is 11.6 Å². The Hall–Kier alpha value is -0.970. The van der Waals surface area contributed by atoms with Gasteiger partial charge in [-0.05, 0) is 24.7 Å². The van der Waals surface area contributed by atoms with Crippen molar-refractivity contribution in [2.24, 2.45) is 0 Å². The van der Waals surface area contributed by atoms with E-state index in [1.165, 1.54) is 5.56 Å². The van der Waals surface area contributed by atoms with Crippen molar-refractivity contribution in [2.45, 2.75) is 13.0 Å². The van der Waals surface area contributed by atoms with Crippen molar-refractivity contribution >= 4 is 11.6 Å². The number of piperazine rings is 1. The number of rotatable bonds is 2. The van der Waals surface area contributed by atoms with Gasteiger partial charge < -0.3 is 14.4 Å². The van der Waals surface area contributed by atoms with Crippen LogP contribution in [0, 0.1) is 0 Å². The van der Waals surface area contributed by atoms with Gasteiger partial charge in [-0.3, -0.25) is 4.90 Å². The number of likely N-dealkylation sites (N-methyl/N-ethyl adjacent to an activating group) is 1. The zero-order chi connectivity index (χ0) is 13.9. The lowest BCUT2D eigenvalue weighted by Crippen LogP contribution is -2.43. The van der Waals surface area contributed by atoms with Gasteiger partial charge in [-0.25, -0.2) is 0 Å². The van der Waals surface area contributed by atoms with E-state index in [1.54, 1.807) is 0 Å². The lowest BCUT2D eigenvalue weighted by atomic mass is 10.1. The summed E-state index contributed by atoms with van der Waals surface area (Å²) < 4.78 is 11.4. The van der Waals surface area contributed by atoms with E-state index < -0.39 is 0 Å². The highest BCUT2D eigenvalue weighted by atomic mass is 35.5. The van der Waals surface area contributed by atoms with Gasteiger partial charge in [0.25, 0.3) is 0 Å². The fourth-order valence-corrected chi connectivity index (χ4v) is 2.93. The largest absolute Gasteiger partial charge is 0.489 e. The number of fused-ring (bicyclic) bond motifs is 1. The molecular formula is C15H21ClN2O2. The molecule has 0 amide bonds. The molecule has 0 saturated carbocycles. The second-order valence-corrected chi connectivity index (χ2v) is 5.94. The molecule has 20 heavy (non-hydrogen) atoms. The number of benzene rings is 1. The third-order valence-corrected chi connectivity index (χ3v) is 4.14. The fourth-order valence-electron chi connectivity index (χ4n) is 2.64. The lowest BCUT2D eigenvalue weighted by Gasteiger charge is -2.32. The van der Waals surface area contributed by atoms with Crippen LogP contribution in [0.5, 0.6) is 11.5 Å². The summed E-state index contributed by atoms with van der Waals surface area (Å²) >= 11 is 6.33. The Morgan fingerprint density at radius 1 is 1.10 bits per heavy atom. The summed E-state index contributed by atoms with van der Waals surface area (Å²) in [6, 6.07) is 4.08. The summed E-state index contributed by atoms with van der Waals surface area (Å²) in [5, 5.41) is 0.661. The normalized spacial score (nSPS) is 20.7. The minimum Gasteiger partial charge on any atom is -0.489 e. The lowest BCUT2D eigenvalue weighted by molar-refractivity contribution is 0.148. The van der Waals surface area contributed by atoms with E-state index in [1.807, 2.05) is 6.07 Å². The summed E-state index contributed by atoms with van der Waals surface area (Å²) in [7, 11) is 2.17. The summed E-state index contributed by atoms with van der Waals surface area (Å²) in [5.41, 5.74) is 1.20. The Kier molecular flexibility index (Phi) is 4.34. The van der Waals surface area contributed by atoms with Crippen LogP contribution in [0.1, 0.15) is 12.0 Å². The highest BCUT2D eigenvalue weighted by molar-refractivity contribution is 6.32. The summed E-state index contributed by atoms with van der Waals surface area (Å²) in [6.45, 7) is 6.73. The second-order valence-electron chi connectivity index (χ2n) is 5.53. The first-order valence-electron chi connectivity index (χ1n) is 7.21. The van der Waals surface area contributed by atoms with Crippen LogP contribution in [0.15, 0.2) is 12.1 Å². The molecule has 0 radical (unpaired) electrons. The van der Waals surface area contributed by atoms with Crippen LogP contribution in [-0.4, -0.2) is 56.2 Å². The summed E-state index contributed by atoms with van der Waals surface area (Å²) in [6.07, 6.45) is 0.902. The van der Waals surface area contributed by atoms with Crippen LogP contribution in [-0.2, 0) is 6.54 Å². The van der Waals surface area contributed by atoms with Gasteiger partial charge in [0.05, 0.1) is 18.2 Å². The number of hydrogen-bond donors (Lipinski definition) is 0. The van der Waals surface area contributed by atoms with Gasteiger partial charge >= 0.3 is 0 Å². The predicted octanol–water partition coefficient (Wildman–Crippen LogP) is 2.25. The molecule has 1 fully saturated rings. The second kappa shape index (κ2) is 6.20. The van der Waals surface area contributed by atoms with Gasteiger partial charge in [0, 0.05) is 39.1 Å². The molecule has 1 aromatic carbocycles. The predicted molar refractivity (Wildman–Crippen MR) is 79.8 cm³/mol. The standard InChI is InChI=1S/C15H21ClN2O2/c1-17-3-5-18(6-4-17)11-12-9-13(16)15-14(10-12)19-7-2-8-20-15/h9-10H,2-8,11H2,1H3. The van der Waals surface area contributed by atoms with E-state index in [0.29, 0.717) is 24.0 Å². The molecule has 0 atom stereocenters. The molecule has 2 aliphatic rings. The number of hydrogen-bond acceptors (Lipinski definition) is 4. The first kappa shape index (κ1) is 14.0. The maximum absolute atomic E-state index is 6.33. The van der Waals surface area contributed by atoms with Crippen LogP contribution < -0.4 is 9.47 Å². The Balaban J connectivity index is 1.74. The highest BCUT2D eigenvalue weighted by Crippen LogP contribution is 2.38. The molecule has 5 heteroatoms. The average Bonchev–Trinajstić information content (AvgIpc) is 2.67. The van der Waals surface area contributed by atoms with E-state index in [4.69, 9.17) is 21.1 Å². The summed E-state index contributed by atoms with van der Waals surface area (Å²) in [5.74, 6) is 1.49. The van der Waals surface area contributed by atoms with Gasteiger partial charge in [0.1, 0.15) is 0 Å². The average molecular weight is 297 g/mol. The van der Waals surface area contributed by atoms with Gasteiger partial charge in [-0.15, -0.1) is 0 Å². The zero-order valence-corrected chi connectivity index (χ0v) is 12.7. The Labute approximate surface area is 125 Å². The van der Waals surface area contributed by atoms with Crippen molar-refractivity contribution in [1.29, 1.82) is 0 Å².